The third-order valence-corrected chi connectivity index (χ3v) is 2.44. The summed E-state index contributed by atoms with van der Waals surface area (Å²) >= 11 is 0. The molecule has 76 valence electrons. The minimum atomic E-state index is -0.00652. The maximum atomic E-state index is 5.50. The molecule has 0 bridgehead atoms. The van der Waals surface area contributed by atoms with Crippen LogP contribution in [0.4, 0.5) is 0 Å². The van der Waals surface area contributed by atoms with Crippen molar-refractivity contribution in [1.82, 2.24) is 0 Å². The first kappa shape index (κ1) is 9.44. The van der Waals surface area contributed by atoms with Crippen molar-refractivity contribution in [3.05, 3.63) is 0 Å². The fourth-order valence-corrected chi connectivity index (χ4v) is 1.42. The minimum Gasteiger partial charge on any atom is -0.381 e. The Balaban J connectivity index is 1.46. The van der Waals surface area contributed by atoms with Crippen LogP contribution in [-0.4, -0.2) is 32.7 Å². The van der Waals surface area contributed by atoms with Gasteiger partial charge in [0.2, 0.25) is 0 Å². The number of hydrogen-bond donors (Lipinski definition) is 0. The largest absolute Gasteiger partial charge is 0.381 e. The topological polar surface area (TPSA) is 27.7 Å². The summed E-state index contributed by atoms with van der Waals surface area (Å²) in [6.45, 7) is 3.40. The summed E-state index contributed by atoms with van der Waals surface area (Å²) < 4.78 is 16.3. The summed E-state index contributed by atoms with van der Waals surface area (Å²) in [5, 5.41) is 0. The highest BCUT2D eigenvalue weighted by Gasteiger charge is 2.21. The van der Waals surface area contributed by atoms with Crippen molar-refractivity contribution < 1.29 is 14.2 Å². The van der Waals surface area contributed by atoms with Crippen LogP contribution in [0.3, 0.4) is 0 Å². The molecular weight excluding hydrogens is 168 g/mol. The van der Waals surface area contributed by atoms with E-state index >= 15 is 0 Å². The predicted octanol–water partition coefficient (Wildman–Crippen LogP) is 1.57. The first-order valence-electron chi connectivity index (χ1n) is 5.26. The first-order chi connectivity index (χ1) is 6.45. The summed E-state index contributed by atoms with van der Waals surface area (Å²) in [7, 11) is 0. The molecule has 0 aromatic heterocycles. The molecule has 1 aliphatic carbocycles. The lowest BCUT2D eigenvalue weighted by Crippen LogP contribution is -2.26. The van der Waals surface area contributed by atoms with E-state index in [1.54, 1.807) is 0 Å². The molecule has 0 N–H and O–H groups in total. The Hall–Kier alpha value is -0.120. The Morgan fingerprint density at radius 3 is 2.62 bits per heavy atom. The Labute approximate surface area is 79.4 Å². The molecule has 1 saturated carbocycles. The van der Waals surface area contributed by atoms with Crippen molar-refractivity contribution >= 4 is 0 Å². The van der Waals surface area contributed by atoms with Crippen LogP contribution in [0.1, 0.15) is 25.7 Å². The predicted molar refractivity (Wildman–Crippen MR) is 48.5 cm³/mol. The van der Waals surface area contributed by atoms with Gasteiger partial charge in [0.15, 0.2) is 6.29 Å². The van der Waals surface area contributed by atoms with Crippen LogP contribution in [0.5, 0.6) is 0 Å². The standard InChI is InChI=1S/C10H18O3/c1-5-12-10(13-6-1)4-7-11-8-9-2-3-9/h9-10H,1-8H2. The molecule has 2 rings (SSSR count). The zero-order valence-electron chi connectivity index (χ0n) is 8.04. The van der Waals surface area contributed by atoms with Crippen LogP contribution in [0, 0.1) is 5.92 Å². The van der Waals surface area contributed by atoms with Gasteiger partial charge in [-0.2, -0.15) is 0 Å². The van der Waals surface area contributed by atoms with E-state index in [2.05, 4.69) is 0 Å². The Morgan fingerprint density at radius 2 is 1.92 bits per heavy atom. The molecule has 0 unspecified atom stereocenters. The Kier molecular flexibility index (Phi) is 3.58. The van der Waals surface area contributed by atoms with Gasteiger partial charge < -0.3 is 14.2 Å². The van der Waals surface area contributed by atoms with Crippen molar-refractivity contribution in [3.8, 4) is 0 Å². The molecule has 0 atom stereocenters. The van der Waals surface area contributed by atoms with Gasteiger partial charge in [0, 0.05) is 13.0 Å². The fourth-order valence-electron chi connectivity index (χ4n) is 1.42. The zero-order valence-corrected chi connectivity index (χ0v) is 8.04. The molecule has 1 saturated heterocycles. The molecule has 0 aromatic rings. The fraction of sp³-hybridized carbons (Fsp3) is 1.00. The molecule has 0 aromatic carbocycles. The highest BCUT2D eigenvalue weighted by Crippen LogP contribution is 2.28. The molecule has 13 heavy (non-hydrogen) atoms. The monoisotopic (exact) mass is 186 g/mol. The second kappa shape index (κ2) is 4.94. The third kappa shape index (κ3) is 3.63. The zero-order chi connectivity index (χ0) is 8.93. The average molecular weight is 186 g/mol. The molecule has 2 fully saturated rings. The molecular formula is C10H18O3. The molecule has 0 radical (unpaired) electrons. The van der Waals surface area contributed by atoms with Gasteiger partial charge in [0.1, 0.15) is 0 Å². The van der Waals surface area contributed by atoms with Crippen LogP contribution in [0.2, 0.25) is 0 Å². The molecule has 2 aliphatic rings. The van der Waals surface area contributed by atoms with Crippen LogP contribution in [0.15, 0.2) is 0 Å². The van der Waals surface area contributed by atoms with Gasteiger partial charge in [-0.1, -0.05) is 0 Å². The van der Waals surface area contributed by atoms with E-state index in [9.17, 15) is 0 Å². The highest BCUT2D eigenvalue weighted by molar-refractivity contribution is 4.71. The van der Waals surface area contributed by atoms with E-state index in [0.29, 0.717) is 0 Å². The van der Waals surface area contributed by atoms with Gasteiger partial charge >= 0.3 is 0 Å². The lowest BCUT2D eigenvalue weighted by atomic mass is 10.4. The minimum absolute atomic E-state index is 0.00652. The van der Waals surface area contributed by atoms with Gasteiger partial charge in [0.05, 0.1) is 19.8 Å². The van der Waals surface area contributed by atoms with Crippen LogP contribution in [-0.2, 0) is 14.2 Å². The van der Waals surface area contributed by atoms with Gasteiger partial charge in [0.25, 0.3) is 0 Å². The van der Waals surface area contributed by atoms with E-state index < -0.39 is 0 Å². The van der Waals surface area contributed by atoms with Gasteiger partial charge in [-0.15, -0.1) is 0 Å². The van der Waals surface area contributed by atoms with Crippen molar-refractivity contribution in [2.24, 2.45) is 5.92 Å². The summed E-state index contributed by atoms with van der Waals surface area (Å²) in [5.41, 5.74) is 0. The second-order valence-electron chi connectivity index (χ2n) is 3.83. The Morgan fingerprint density at radius 1 is 1.15 bits per heavy atom. The van der Waals surface area contributed by atoms with E-state index in [0.717, 1.165) is 45.2 Å². The lowest BCUT2D eigenvalue weighted by molar-refractivity contribution is -0.186. The summed E-state index contributed by atoms with van der Waals surface area (Å²) in [6.07, 6.45) is 4.62. The number of ether oxygens (including phenoxy) is 3. The van der Waals surface area contributed by atoms with Crippen molar-refractivity contribution in [3.63, 3.8) is 0 Å². The van der Waals surface area contributed by atoms with Gasteiger partial charge in [-0.3, -0.25) is 0 Å². The van der Waals surface area contributed by atoms with Crippen LogP contribution < -0.4 is 0 Å². The van der Waals surface area contributed by atoms with Crippen molar-refractivity contribution in [1.29, 1.82) is 0 Å². The SMILES string of the molecule is C1COC(CCOCC2CC2)OC1. The van der Waals surface area contributed by atoms with Crippen LogP contribution >= 0.6 is 0 Å². The first-order valence-corrected chi connectivity index (χ1v) is 5.26. The molecule has 0 amide bonds. The van der Waals surface area contributed by atoms with E-state index in [4.69, 9.17) is 14.2 Å². The van der Waals surface area contributed by atoms with Crippen molar-refractivity contribution in [2.45, 2.75) is 32.0 Å². The quantitative estimate of drug-likeness (QED) is 0.610. The highest BCUT2D eigenvalue weighted by atomic mass is 16.7. The second-order valence-corrected chi connectivity index (χ2v) is 3.83. The summed E-state index contributed by atoms with van der Waals surface area (Å²) in [5.74, 6) is 0.855. The Bertz CT molecular complexity index is 139. The maximum absolute atomic E-state index is 5.50. The smallest absolute Gasteiger partial charge is 0.159 e. The van der Waals surface area contributed by atoms with Crippen LogP contribution in [0.25, 0.3) is 0 Å². The number of rotatable bonds is 5. The average Bonchev–Trinajstić information content (AvgIpc) is 2.98. The van der Waals surface area contributed by atoms with E-state index in [1.807, 2.05) is 0 Å². The molecule has 3 nitrogen and oxygen atoms in total. The van der Waals surface area contributed by atoms with E-state index in [-0.39, 0.29) is 6.29 Å². The van der Waals surface area contributed by atoms with Crippen molar-refractivity contribution in [2.75, 3.05) is 26.4 Å². The molecule has 1 heterocycles. The lowest BCUT2D eigenvalue weighted by Gasteiger charge is -2.22. The summed E-state index contributed by atoms with van der Waals surface area (Å²) in [4.78, 5) is 0. The third-order valence-electron chi connectivity index (χ3n) is 2.44. The number of hydrogen-bond acceptors (Lipinski definition) is 3. The van der Waals surface area contributed by atoms with Gasteiger partial charge in [-0.25, -0.2) is 0 Å². The normalized spacial score (nSPS) is 24.9. The maximum Gasteiger partial charge on any atom is 0.159 e. The molecule has 3 heteroatoms. The summed E-state index contributed by atoms with van der Waals surface area (Å²) in [6, 6.07) is 0. The van der Waals surface area contributed by atoms with Gasteiger partial charge in [-0.05, 0) is 25.2 Å². The van der Waals surface area contributed by atoms with E-state index in [1.165, 1.54) is 12.8 Å². The molecule has 0 spiro atoms. The molecule has 1 aliphatic heterocycles.